The van der Waals surface area contributed by atoms with Crippen LogP contribution in [-0.2, 0) is 0 Å². The van der Waals surface area contributed by atoms with Crippen LogP contribution in [0.25, 0.3) is 0 Å². The third-order valence-corrected chi connectivity index (χ3v) is 2.79. The van der Waals surface area contributed by atoms with Gasteiger partial charge in [0.15, 0.2) is 0 Å². The molecule has 19 heavy (non-hydrogen) atoms. The number of aromatic nitrogens is 2. The number of anilines is 1. The van der Waals surface area contributed by atoms with Crippen molar-refractivity contribution >= 4 is 17.3 Å². The second-order valence-electron chi connectivity index (χ2n) is 4.13. The largest absolute Gasteiger partial charge is 0.411 e. The van der Waals surface area contributed by atoms with Gasteiger partial charge in [-0.15, -0.1) is 0 Å². The number of oxime groups is 1. The van der Waals surface area contributed by atoms with Crippen LogP contribution in [0.2, 0.25) is 0 Å². The summed E-state index contributed by atoms with van der Waals surface area (Å²) in [7, 11) is 0. The average molecular weight is 258 g/mol. The fraction of sp³-hybridized carbons (Fsp3) is 0.154. The summed E-state index contributed by atoms with van der Waals surface area (Å²) in [5.41, 5.74) is 3.21. The van der Waals surface area contributed by atoms with E-state index in [-0.39, 0.29) is 5.91 Å². The van der Waals surface area contributed by atoms with Crippen molar-refractivity contribution in [3.8, 4) is 0 Å². The smallest absolute Gasteiger partial charge is 0.259 e. The molecule has 6 nitrogen and oxygen atoms in total. The van der Waals surface area contributed by atoms with Gasteiger partial charge in [-0.05, 0) is 31.5 Å². The first kappa shape index (κ1) is 12.8. The van der Waals surface area contributed by atoms with Gasteiger partial charge >= 0.3 is 0 Å². The molecule has 0 fully saturated rings. The van der Waals surface area contributed by atoms with Gasteiger partial charge in [-0.25, -0.2) is 0 Å². The van der Waals surface area contributed by atoms with E-state index in [1.54, 1.807) is 38.1 Å². The molecule has 0 saturated heterocycles. The number of hydrogen-bond acceptors (Lipinski definition) is 4. The Kier molecular flexibility index (Phi) is 3.61. The van der Waals surface area contributed by atoms with E-state index >= 15 is 0 Å². The predicted octanol–water partition coefficient (Wildman–Crippen LogP) is 2.17. The van der Waals surface area contributed by atoms with Gasteiger partial charge in [0.05, 0.1) is 17.5 Å². The molecule has 0 radical (unpaired) electrons. The summed E-state index contributed by atoms with van der Waals surface area (Å²) in [6.45, 7) is 3.48. The molecule has 0 aliphatic rings. The second-order valence-corrected chi connectivity index (χ2v) is 4.13. The lowest BCUT2D eigenvalue weighted by Crippen LogP contribution is -2.12. The minimum absolute atomic E-state index is 0.216. The van der Waals surface area contributed by atoms with Crippen LogP contribution in [0.5, 0.6) is 0 Å². The lowest BCUT2D eigenvalue weighted by Gasteiger charge is -2.05. The third-order valence-electron chi connectivity index (χ3n) is 2.79. The number of H-pyrrole nitrogens is 1. The Labute approximate surface area is 110 Å². The molecule has 1 heterocycles. The fourth-order valence-electron chi connectivity index (χ4n) is 1.63. The molecule has 0 bridgehead atoms. The van der Waals surface area contributed by atoms with Crippen molar-refractivity contribution < 1.29 is 10.0 Å². The Balaban J connectivity index is 2.12. The van der Waals surface area contributed by atoms with Gasteiger partial charge < -0.3 is 10.5 Å². The van der Waals surface area contributed by atoms with Crippen LogP contribution in [-0.4, -0.2) is 27.0 Å². The fourth-order valence-corrected chi connectivity index (χ4v) is 1.63. The van der Waals surface area contributed by atoms with Gasteiger partial charge in [0, 0.05) is 11.4 Å². The number of benzene rings is 1. The molecule has 0 saturated carbocycles. The quantitative estimate of drug-likeness (QED) is 0.447. The summed E-state index contributed by atoms with van der Waals surface area (Å²) in [5.74, 6) is -0.216. The molecular weight excluding hydrogens is 244 g/mol. The van der Waals surface area contributed by atoms with Crippen LogP contribution in [0.1, 0.15) is 28.5 Å². The van der Waals surface area contributed by atoms with Crippen molar-refractivity contribution in [1.29, 1.82) is 0 Å². The minimum Gasteiger partial charge on any atom is -0.411 e. The molecule has 1 aromatic carbocycles. The van der Waals surface area contributed by atoms with Gasteiger partial charge in [-0.1, -0.05) is 17.3 Å². The summed E-state index contributed by atoms with van der Waals surface area (Å²) in [6.07, 6.45) is 1.49. The maximum absolute atomic E-state index is 11.9. The molecule has 0 atom stereocenters. The van der Waals surface area contributed by atoms with E-state index in [4.69, 9.17) is 5.21 Å². The zero-order valence-electron chi connectivity index (χ0n) is 10.6. The van der Waals surface area contributed by atoms with Gasteiger partial charge in [0.2, 0.25) is 0 Å². The van der Waals surface area contributed by atoms with Crippen LogP contribution in [0.3, 0.4) is 0 Å². The number of rotatable bonds is 3. The van der Waals surface area contributed by atoms with Crippen LogP contribution in [0.15, 0.2) is 35.6 Å². The summed E-state index contributed by atoms with van der Waals surface area (Å²) in [5, 5.41) is 21.1. The Morgan fingerprint density at radius 1 is 1.37 bits per heavy atom. The van der Waals surface area contributed by atoms with Crippen LogP contribution in [0, 0.1) is 6.92 Å². The van der Waals surface area contributed by atoms with Crippen molar-refractivity contribution in [2.45, 2.75) is 13.8 Å². The first-order valence-corrected chi connectivity index (χ1v) is 5.72. The van der Waals surface area contributed by atoms with Crippen molar-refractivity contribution in [3.63, 3.8) is 0 Å². The molecule has 1 amide bonds. The number of aromatic amines is 1. The molecule has 1 aromatic heterocycles. The Hall–Kier alpha value is -2.63. The molecule has 98 valence electrons. The van der Waals surface area contributed by atoms with E-state index in [1.807, 2.05) is 0 Å². The van der Waals surface area contributed by atoms with E-state index in [9.17, 15) is 4.79 Å². The molecule has 6 heteroatoms. The second kappa shape index (κ2) is 5.34. The number of aryl methyl sites for hydroxylation is 1. The number of nitrogens with zero attached hydrogens (tertiary/aromatic N) is 2. The monoisotopic (exact) mass is 258 g/mol. The van der Waals surface area contributed by atoms with E-state index in [0.717, 1.165) is 11.3 Å². The zero-order chi connectivity index (χ0) is 13.8. The van der Waals surface area contributed by atoms with Gasteiger partial charge in [-0.3, -0.25) is 9.89 Å². The number of nitrogens with one attached hydrogen (secondary N) is 2. The van der Waals surface area contributed by atoms with Crippen molar-refractivity contribution in [2.75, 3.05) is 5.32 Å². The lowest BCUT2D eigenvalue weighted by atomic mass is 10.1. The van der Waals surface area contributed by atoms with Crippen molar-refractivity contribution in [1.82, 2.24) is 10.2 Å². The van der Waals surface area contributed by atoms with Gasteiger partial charge in [0.1, 0.15) is 0 Å². The molecular formula is C13H14N4O2. The van der Waals surface area contributed by atoms with E-state index in [2.05, 4.69) is 20.7 Å². The van der Waals surface area contributed by atoms with Crippen LogP contribution < -0.4 is 5.32 Å². The number of hydrogen-bond donors (Lipinski definition) is 3. The average Bonchev–Trinajstić information content (AvgIpc) is 2.85. The number of amides is 1. The molecule has 2 rings (SSSR count). The molecule has 3 N–H and O–H groups in total. The molecule has 2 aromatic rings. The van der Waals surface area contributed by atoms with Crippen LogP contribution in [0.4, 0.5) is 5.69 Å². The van der Waals surface area contributed by atoms with E-state index < -0.39 is 0 Å². The highest BCUT2D eigenvalue weighted by Gasteiger charge is 2.10. The topological polar surface area (TPSA) is 90.4 Å². The first-order chi connectivity index (χ1) is 9.11. The highest BCUT2D eigenvalue weighted by molar-refractivity contribution is 6.05. The predicted molar refractivity (Wildman–Crippen MR) is 71.7 cm³/mol. The Bertz CT molecular complexity index is 614. The third kappa shape index (κ3) is 2.79. The SMILES string of the molecule is CC(=NO)c1ccc(NC(=O)c2cn[nH]c2C)cc1. The van der Waals surface area contributed by atoms with E-state index in [0.29, 0.717) is 17.0 Å². The normalized spacial score (nSPS) is 11.4. The summed E-state index contributed by atoms with van der Waals surface area (Å²) < 4.78 is 0. The number of carbonyl (C=O) groups is 1. The lowest BCUT2D eigenvalue weighted by molar-refractivity contribution is 0.102. The highest BCUT2D eigenvalue weighted by atomic mass is 16.4. The molecule has 0 spiro atoms. The molecule has 0 aliphatic heterocycles. The summed E-state index contributed by atoms with van der Waals surface area (Å²) >= 11 is 0. The minimum atomic E-state index is -0.216. The zero-order valence-corrected chi connectivity index (χ0v) is 10.6. The first-order valence-electron chi connectivity index (χ1n) is 5.72. The summed E-state index contributed by atoms with van der Waals surface area (Å²) in [4.78, 5) is 11.9. The van der Waals surface area contributed by atoms with Gasteiger partial charge in [-0.2, -0.15) is 5.10 Å². The van der Waals surface area contributed by atoms with E-state index in [1.165, 1.54) is 6.20 Å². The van der Waals surface area contributed by atoms with Crippen molar-refractivity contribution in [3.05, 3.63) is 47.3 Å². The molecule has 0 aliphatic carbocycles. The maximum Gasteiger partial charge on any atom is 0.259 e. The highest BCUT2D eigenvalue weighted by Crippen LogP contribution is 2.12. The van der Waals surface area contributed by atoms with Crippen molar-refractivity contribution in [2.24, 2.45) is 5.16 Å². The number of carbonyl (C=O) groups excluding carboxylic acids is 1. The van der Waals surface area contributed by atoms with Gasteiger partial charge in [0.25, 0.3) is 5.91 Å². The summed E-state index contributed by atoms with van der Waals surface area (Å²) in [6, 6.07) is 7.04. The maximum atomic E-state index is 11.9. The standard InChI is InChI=1S/C13H14N4O2/c1-8(17-19)10-3-5-11(6-4-10)15-13(18)12-7-14-16-9(12)2/h3-7,19H,1-2H3,(H,14,16)(H,15,18). The Morgan fingerprint density at radius 3 is 2.58 bits per heavy atom. The molecule has 0 unspecified atom stereocenters. The van der Waals surface area contributed by atoms with Crippen LogP contribution >= 0.6 is 0 Å². The Morgan fingerprint density at radius 2 is 2.05 bits per heavy atom.